The molecule has 1 saturated heterocycles. The first-order chi connectivity index (χ1) is 15.3. The van der Waals surface area contributed by atoms with Crippen molar-refractivity contribution in [3.05, 3.63) is 70.8 Å². The van der Waals surface area contributed by atoms with Gasteiger partial charge in [0.2, 0.25) is 0 Å². The number of hydrogen-bond donors (Lipinski definition) is 0. The maximum atomic E-state index is 12.4. The molecule has 1 aliphatic carbocycles. The van der Waals surface area contributed by atoms with Gasteiger partial charge in [0.15, 0.2) is 5.76 Å². The molecular formula is C24H23N3O3S. The highest BCUT2D eigenvalue weighted by atomic mass is 32.1. The van der Waals surface area contributed by atoms with Gasteiger partial charge in [-0.1, -0.05) is 41.6 Å². The number of benzene rings is 1. The highest BCUT2D eigenvalue weighted by Gasteiger charge is 2.27. The Morgan fingerprint density at radius 1 is 1.13 bits per heavy atom. The summed E-state index contributed by atoms with van der Waals surface area (Å²) >= 11 is 1.65. The smallest absolute Gasteiger partial charge is 0.410 e. The number of ether oxygens (including phenoxy) is 1. The van der Waals surface area contributed by atoms with Crippen molar-refractivity contribution in [2.24, 2.45) is 0 Å². The number of nitrogens with zero attached hydrogens (tertiary/aromatic N) is 3. The number of rotatable bonds is 4. The van der Waals surface area contributed by atoms with Crippen LogP contribution in [0.5, 0.6) is 5.75 Å². The lowest BCUT2D eigenvalue weighted by molar-refractivity contribution is 0.138. The Labute approximate surface area is 184 Å². The molecule has 2 aromatic heterocycles. The normalized spacial score (nSPS) is 16.9. The summed E-state index contributed by atoms with van der Waals surface area (Å²) in [6.45, 7) is 1.33. The Morgan fingerprint density at radius 2 is 1.97 bits per heavy atom. The van der Waals surface area contributed by atoms with E-state index in [-0.39, 0.29) is 6.09 Å². The minimum Gasteiger partial charge on any atom is -0.410 e. The van der Waals surface area contributed by atoms with E-state index in [1.807, 2.05) is 29.6 Å². The zero-order valence-corrected chi connectivity index (χ0v) is 17.9. The van der Waals surface area contributed by atoms with Crippen molar-refractivity contribution < 1.29 is 14.1 Å². The Bertz CT molecular complexity index is 1110. The van der Waals surface area contributed by atoms with Crippen molar-refractivity contribution in [3.8, 4) is 17.1 Å². The summed E-state index contributed by atoms with van der Waals surface area (Å²) in [4.78, 5) is 19.0. The molecule has 0 saturated carbocycles. The van der Waals surface area contributed by atoms with E-state index >= 15 is 0 Å². The Balaban J connectivity index is 1.19. The number of likely N-dealkylation sites (tertiary alicyclic amines) is 1. The zero-order chi connectivity index (χ0) is 21.0. The fraction of sp³-hybridized carbons (Fsp3) is 0.292. The standard InChI is InChI=1S/C24H23N3O3S/c28-24(29-19-9-5-2-6-10-19)27-13-11-18(12-14-27)23-25-21(16-31-23)20-15-22(30-26-20)17-7-3-1-4-8-17/h2-3,5-10,15-16,18H,1,4,11-14H2. The van der Waals surface area contributed by atoms with Gasteiger partial charge in [-0.3, -0.25) is 0 Å². The van der Waals surface area contributed by atoms with Crippen molar-refractivity contribution in [2.45, 2.75) is 31.6 Å². The molecule has 0 spiro atoms. The van der Waals surface area contributed by atoms with E-state index in [1.54, 1.807) is 28.4 Å². The molecule has 5 rings (SSSR count). The SMILES string of the molecule is O=C(Oc1ccccc1)N1CCC(c2nc(-c3cc(C4=CCCC=C4)on3)cs2)CC1. The van der Waals surface area contributed by atoms with Gasteiger partial charge in [0.25, 0.3) is 0 Å². The third-order valence-electron chi connectivity index (χ3n) is 5.62. The van der Waals surface area contributed by atoms with Crippen LogP contribution in [0.4, 0.5) is 4.79 Å². The molecule has 31 heavy (non-hydrogen) atoms. The molecule has 0 N–H and O–H groups in total. The quantitative estimate of drug-likeness (QED) is 0.512. The van der Waals surface area contributed by atoms with E-state index in [0.29, 0.717) is 24.8 Å². The van der Waals surface area contributed by atoms with Crippen molar-refractivity contribution in [2.75, 3.05) is 13.1 Å². The molecule has 6 nitrogen and oxygen atoms in total. The lowest BCUT2D eigenvalue weighted by Gasteiger charge is -2.30. The van der Waals surface area contributed by atoms with Gasteiger partial charge in [0.05, 0.1) is 5.01 Å². The number of para-hydroxylation sites is 1. The first-order valence-electron chi connectivity index (χ1n) is 10.6. The van der Waals surface area contributed by atoms with Gasteiger partial charge in [0, 0.05) is 36.0 Å². The van der Waals surface area contributed by atoms with Crippen LogP contribution in [-0.2, 0) is 0 Å². The number of thiazole rings is 1. The van der Waals surface area contributed by atoms with Crippen molar-refractivity contribution >= 4 is 23.0 Å². The molecule has 7 heteroatoms. The Morgan fingerprint density at radius 3 is 2.74 bits per heavy atom. The number of carbonyl (C=O) groups is 1. The van der Waals surface area contributed by atoms with Gasteiger partial charge >= 0.3 is 6.09 Å². The minimum atomic E-state index is -0.286. The van der Waals surface area contributed by atoms with E-state index in [4.69, 9.17) is 14.2 Å². The van der Waals surface area contributed by atoms with Gasteiger partial charge < -0.3 is 14.2 Å². The summed E-state index contributed by atoms with van der Waals surface area (Å²) < 4.78 is 11.0. The number of piperidine rings is 1. The molecule has 1 amide bonds. The molecule has 0 bridgehead atoms. The monoisotopic (exact) mass is 433 g/mol. The predicted octanol–water partition coefficient (Wildman–Crippen LogP) is 5.91. The van der Waals surface area contributed by atoms with Crippen LogP contribution in [0.1, 0.15) is 42.4 Å². The first-order valence-corrected chi connectivity index (χ1v) is 11.5. The van der Waals surface area contributed by atoms with Gasteiger partial charge in [-0.05, 0) is 37.8 Å². The Kier molecular flexibility index (Phi) is 5.67. The summed E-state index contributed by atoms with van der Waals surface area (Å²) in [5.74, 6) is 1.70. The van der Waals surface area contributed by atoms with Crippen LogP contribution in [0.25, 0.3) is 17.0 Å². The summed E-state index contributed by atoms with van der Waals surface area (Å²) in [7, 11) is 0. The molecule has 1 aromatic carbocycles. The van der Waals surface area contributed by atoms with E-state index in [1.165, 1.54) is 0 Å². The maximum absolute atomic E-state index is 12.4. The third kappa shape index (κ3) is 4.46. The minimum absolute atomic E-state index is 0.286. The summed E-state index contributed by atoms with van der Waals surface area (Å²) in [5.41, 5.74) is 2.69. The average Bonchev–Trinajstić information content (AvgIpc) is 3.51. The number of amides is 1. The second-order valence-corrected chi connectivity index (χ2v) is 8.62. The second-order valence-electron chi connectivity index (χ2n) is 7.73. The molecular weight excluding hydrogens is 410 g/mol. The van der Waals surface area contributed by atoms with E-state index < -0.39 is 0 Å². The van der Waals surface area contributed by atoms with E-state index in [9.17, 15) is 4.79 Å². The molecule has 0 unspecified atom stereocenters. The summed E-state index contributed by atoms with van der Waals surface area (Å²) in [6, 6.07) is 11.2. The van der Waals surface area contributed by atoms with Crippen LogP contribution in [-0.4, -0.2) is 34.2 Å². The first kappa shape index (κ1) is 19.8. The van der Waals surface area contributed by atoms with Crippen LogP contribution >= 0.6 is 11.3 Å². The second kappa shape index (κ2) is 8.89. The average molecular weight is 434 g/mol. The molecule has 0 radical (unpaired) electrons. The van der Waals surface area contributed by atoms with Crippen LogP contribution in [0.3, 0.4) is 0 Å². The molecule has 1 aliphatic heterocycles. The Hall–Kier alpha value is -3.19. The van der Waals surface area contributed by atoms with Gasteiger partial charge in [-0.2, -0.15) is 0 Å². The fourth-order valence-electron chi connectivity index (χ4n) is 3.88. The van der Waals surface area contributed by atoms with Gasteiger partial charge in [0.1, 0.15) is 17.1 Å². The highest BCUT2D eigenvalue weighted by molar-refractivity contribution is 7.10. The third-order valence-corrected chi connectivity index (χ3v) is 6.63. The molecule has 3 heterocycles. The largest absolute Gasteiger partial charge is 0.415 e. The van der Waals surface area contributed by atoms with Crippen LogP contribution in [0.15, 0.2) is 64.5 Å². The number of hydrogen-bond acceptors (Lipinski definition) is 6. The van der Waals surface area contributed by atoms with Gasteiger partial charge in [-0.15, -0.1) is 11.3 Å². The predicted molar refractivity (Wildman–Crippen MR) is 120 cm³/mol. The summed E-state index contributed by atoms with van der Waals surface area (Å²) in [6.07, 6.45) is 9.97. The topological polar surface area (TPSA) is 68.5 Å². The highest BCUT2D eigenvalue weighted by Crippen LogP contribution is 2.34. The number of allylic oxidation sites excluding steroid dienone is 4. The molecule has 158 valence electrons. The van der Waals surface area contributed by atoms with E-state index in [2.05, 4.69) is 23.4 Å². The van der Waals surface area contributed by atoms with E-state index in [0.717, 1.165) is 53.4 Å². The number of carbonyl (C=O) groups excluding carboxylic acids is 1. The van der Waals surface area contributed by atoms with Crippen LogP contribution in [0, 0.1) is 0 Å². The molecule has 3 aromatic rings. The van der Waals surface area contributed by atoms with Crippen LogP contribution in [0.2, 0.25) is 0 Å². The number of aromatic nitrogens is 2. The van der Waals surface area contributed by atoms with Crippen molar-refractivity contribution in [1.82, 2.24) is 15.0 Å². The molecule has 1 fully saturated rings. The maximum Gasteiger partial charge on any atom is 0.415 e. The molecule has 0 atom stereocenters. The summed E-state index contributed by atoms with van der Waals surface area (Å²) in [5, 5.41) is 7.35. The lowest BCUT2D eigenvalue weighted by atomic mass is 9.98. The fourth-order valence-corrected chi connectivity index (χ4v) is 4.87. The van der Waals surface area contributed by atoms with Crippen LogP contribution < -0.4 is 4.74 Å². The lowest BCUT2D eigenvalue weighted by Crippen LogP contribution is -2.39. The molecule has 2 aliphatic rings. The van der Waals surface area contributed by atoms with Crippen molar-refractivity contribution in [3.63, 3.8) is 0 Å². The van der Waals surface area contributed by atoms with Gasteiger partial charge in [-0.25, -0.2) is 9.78 Å². The van der Waals surface area contributed by atoms with Crippen molar-refractivity contribution in [1.29, 1.82) is 0 Å². The zero-order valence-electron chi connectivity index (χ0n) is 17.1.